The number of benzene rings is 1. The molecule has 6 nitrogen and oxygen atoms in total. The molecule has 2 N–H and O–H groups in total. The molecule has 7 heteroatoms. The number of aromatic nitrogens is 3. The van der Waals surface area contributed by atoms with Gasteiger partial charge in [-0.25, -0.2) is 4.98 Å². The summed E-state index contributed by atoms with van der Waals surface area (Å²) in [6.07, 6.45) is 1.35. The number of carbonyl (C=O) groups is 1. The van der Waals surface area contributed by atoms with E-state index in [1.165, 1.54) is 6.20 Å². The molecular weight excluding hydrogens is 314 g/mol. The number of nitrogens with zero attached hydrogens (tertiary/aromatic N) is 3. The van der Waals surface area contributed by atoms with E-state index >= 15 is 0 Å². The third-order valence-electron chi connectivity index (χ3n) is 3.61. The molecule has 0 spiro atoms. The molecule has 0 unspecified atom stereocenters. The lowest BCUT2D eigenvalue weighted by molar-refractivity contribution is 0.102. The Balaban J connectivity index is 1.93. The molecule has 3 aromatic rings. The predicted octanol–water partition coefficient (Wildman–Crippen LogP) is 3.35. The quantitative estimate of drug-likeness (QED) is 0.755. The van der Waals surface area contributed by atoms with Crippen LogP contribution in [0.15, 0.2) is 24.4 Å². The fourth-order valence-electron chi connectivity index (χ4n) is 2.26. The summed E-state index contributed by atoms with van der Waals surface area (Å²) in [5.41, 5.74) is 3.34. The minimum absolute atomic E-state index is 0.0900. The summed E-state index contributed by atoms with van der Waals surface area (Å²) in [6.45, 7) is 3.56. The van der Waals surface area contributed by atoms with Crippen LogP contribution in [0.1, 0.15) is 27.3 Å². The van der Waals surface area contributed by atoms with Crippen molar-refractivity contribution in [3.8, 4) is 6.07 Å². The Morgan fingerprint density at radius 3 is 2.91 bits per heavy atom. The van der Waals surface area contributed by atoms with Crippen molar-refractivity contribution in [1.82, 2.24) is 15.2 Å². The van der Waals surface area contributed by atoms with E-state index in [2.05, 4.69) is 20.5 Å². The van der Waals surface area contributed by atoms with Gasteiger partial charge in [-0.15, -0.1) is 0 Å². The third kappa shape index (κ3) is 2.62. The molecule has 2 aromatic heterocycles. The van der Waals surface area contributed by atoms with Crippen molar-refractivity contribution in [3.63, 3.8) is 0 Å². The standard InChI is InChI=1S/C16H12ClN5O/c1-8-10(6-18)7-19-15(14(8)17)16(23)20-11-3-4-13-12(5-11)9(2)21-22-13/h3-5,7H,1-2H3,(H,20,23)(H,21,22). The molecule has 23 heavy (non-hydrogen) atoms. The number of halogens is 1. The highest BCUT2D eigenvalue weighted by Crippen LogP contribution is 2.24. The maximum absolute atomic E-state index is 12.4. The van der Waals surface area contributed by atoms with Crippen LogP contribution in [-0.2, 0) is 0 Å². The number of anilines is 1. The fraction of sp³-hybridized carbons (Fsp3) is 0.125. The summed E-state index contributed by atoms with van der Waals surface area (Å²) in [7, 11) is 0. The lowest BCUT2D eigenvalue weighted by atomic mass is 10.1. The average molecular weight is 326 g/mol. The van der Waals surface area contributed by atoms with Crippen LogP contribution in [0.25, 0.3) is 10.9 Å². The number of nitriles is 1. The molecule has 0 aliphatic heterocycles. The Morgan fingerprint density at radius 2 is 2.17 bits per heavy atom. The van der Waals surface area contributed by atoms with Gasteiger partial charge in [-0.3, -0.25) is 9.89 Å². The normalized spacial score (nSPS) is 10.5. The van der Waals surface area contributed by atoms with Gasteiger partial charge < -0.3 is 5.32 Å². The Bertz CT molecular complexity index is 970. The smallest absolute Gasteiger partial charge is 0.275 e. The van der Waals surface area contributed by atoms with Gasteiger partial charge in [0.05, 0.1) is 21.8 Å². The minimum Gasteiger partial charge on any atom is -0.321 e. The summed E-state index contributed by atoms with van der Waals surface area (Å²) in [4.78, 5) is 16.4. The van der Waals surface area contributed by atoms with Crippen LogP contribution in [0.2, 0.25) is 5.02 Å². The maximum atomic E-state index is 12.4. The summed E-state index contributed by atoms with van der Waals surface area (Å²) >= 11 is 6.15. The van der Waals surface area contributed by atoms with Crippen LogP contribution in [-0.4, -0.2) is 21.1 Å². The van der Waals surface area contributed by atoms with Gasteiger partial charge in [0.15, 0.2) is 0 Å². The van der Waals surface area contributed by atoms with Crippen molar-refractivity contribution in [3.05, 3.63) is 51.9 Å². The molecule has 0 saturated carbocycles. The Morgan fingerprint density at radius 1 is 1.39 bits per heavy atom. The van der Waals surface area contributed by atoms with Crippen LogP contribution in [0.5, 0.6) is 0 Å². The lowest BCUT2D eigenvalue weighted by Gasteiger charge is -2.08. The van der Waals surface area contributed by atoms with Gasteiger partial charge in [-0.1, -0.05) is 11.6 Å². The summed E-state index contributed by atoms with van der Waals surface area (Å²) in [6, 6.07) is 7.42. The van der Waals surface area contributed by atoms with Crippen LogP contribution >= 0.6 is 11.6 Å². The fourth-order valence-corrected chi connectivity index (χ4v) is 2.50. The van der Waals surface area contributed by atoms with Crippen LogP contribution in [0, 0.1) is 25.2 Å². The largest absolute Gasteiger partial charge is 0.321 e. The summed E-state index contributed by atoms with van der Waals surface area (Å²) < 4.78 is 0. The van der Waals surface area contributed by atoms with Crippen molar-refractivity contribution in [2.45, 2.75) is 13.8 Å². The van der Waals surface area contributed by atoms with Gasteiger partial charge in [-0.2, -0.15) is 10.4 Å². The molecular formula is C16H12ClN5O. The highest BCUT2D eigenvalue weighted by atomic mass is 35.5. The van der Waals surface area contributed by atoms with E-state index in [-0.39, 0.29) is 10.7 Å². The van der Waals surface area contributed by atoms with Crippen molar-refractivity contribution in [2.24, 2.45) is 0 Å². The molecule has 114 valence electrons. The number of amides is 1. The van der Waals surface area contributed by atoms with E-state index in [0.717, 1.165) is 16.6 Å². The zero-order valence-electron chi connectivity index (χ0n) is 12.4. The van der Waals surface area contributed by atoms with Crippen molar-refractivity contribution >= 4 is 34.1 Å². The molecule has 0 atom stereocenters. The Hall–Kier alpha value is -2.91. The first-order valence-corrected chi connectivity index (χ1v) is 7.20. The van der Waals surface area contributed by atoms with Crippen LogP contribution in [0.4, 0.5) is 5.69 Å². The molecule has 0 aliphatic carbocycles. The molecule has 0 saturated heterocycles. The molecule has 3 rings (SSSR count). The van der Waals surface area contributed by atoms with E-state index in [1.54, 1.807) is 13.0 Å². The van der Waals surface area contributed by atoms with E-state index in [0.29, 0.717) is 16.8 Å². The monoisotopic (exact) mass is 325 g/mol. The first-order chi connectivity index (χ1) is 11.0. The molecule has 1 amide bonds. The highest BCUT2D eigenvalue weighted by molar-refractivity contribution is 6.35. The van der Waals surface area contributed by atoms with E-state index in [4.69, 9.17) is 16.9 Å². The second-order valence-corrected chi connectivity index (χ2v) is 5.47. The second kappa shape index (κ2) is 5.71. The highest BCUT2D eigenvalue weighted by Gasteiger charge is 2.17. The number of nitrogens with one attached hydrogen (secondary N) is 2. The third-order valence-corrected chi connectivity index (χ3v) is 4.07. The number of fused-ring (bicyclic) bond motifs is 1. The number of pyridine rings is 1. The van der Waals surface area contributed by atoms with E-state index < -0.39 is 5.91 Å². The van der Waals surface area contributed by atoms with Crippen LogP contribution < -0.4 is 5.32 Å². The summed E-state index contributed by atoms with van der Waals surface area (Å²) in [5, 5.41) is 19.8. The lowest BCUT2D eigenvalue weighted by Crippen LogP contribution is -2.15. The van der Waals surface area contributed by atoms with Gasteiger partial charge in [-0.05, 0) is 37.6 Å². The Kier molecular flexibility index (Phi) is 3.72. The van der Waals surface area contributed by atoms with Gasteiger partial charge in [0, 0.05) is 17.3 Å². The number of aromatic amines is 1. The van der Waals surface area contributed by atoms with Crippen molar-refractivity contribution < 1.29 is 4.79 Å². The molecule has 2 heterocycles. The van der Waals surface area contributed by atoms with Gasteiger partial charge >= 0.3 is 0 Å². The number of hydrogen-bond donors (Lipinski definition) is 2. The van der Waals surface area contributed by atoms with Crippen molar-refractivity contribution in [2.75, 3.05) is 5.32 Å². The first-order valence-electron chi connectivity index (χ1n) is 6.82. The summed E-state index contributed by atoms with van der Waals surface area (Å²) in [5.74, 6) is -0.428. The SMILES string of the molecule is Cc1c(C#N)cnc(C(=O)Nc2ccc3[nH]nc(C)c3c2)c1Cl. The number of H-pyrrole nitrogens is 1. The van der Waals surface area contributed by atoms with E-state index in [1.807, 2.05) is 25.1 Å². The number of rotatable bonds is 2. The molecule has 1 aromatic carbocycles. The second-order valence-electron chi connectivity index (χ2n) is 5.09. The zero-order chi connectivity index (χ0) is 16.6. The van der Waals surface area contributed by atoms with Gasteiger partial charge in [0.1, 0.15) is 11.8 Å². The topological polar surface area (TPSA) is 94.5 Å². The number of hydrogen-bond acceptors (Lipinski definition) is 4. The predicted molar refractivity (Wildman–Crippen MR) is 87.5 cm³/mol. The van der Waals surface area contributed by atoms with Crippen LogP contribution in [0.3, 0.4) is 0 Å². The molecule has 0 radical (unpaired) electrons. The van der Waals surface area contributed by atoms with Crippen molar-refractivity contribution in [1.29, 1.82) is 5.26 Å². The van der Waals surface area contributed by atoms with Gasteiger partial charge in [0.2, 0.25) is 0 Å². The molecule has 0 aliphatic rings. The minimum atomic E-state index is -0.428. The number of carbonyl (C=O) groups excluding carboxylic acids is 1. The average Bonchev–Trinajstić information content (AvgIpc) is 2.91. The maximum Gasteiger partial charge on any atom is 0.275 e. The zero-order valence-corrected chi connectivity index (χ0v) is 13.2. The first kappa shape index (κ1) is 15.0. The Labute approximate surface area is 137 Å². The number of aryl methyl sites for hydroxylation is 1. The van der Waals surface area contributed by atoms with E-state index in [9.17, 15) is 4.79 Å². The molecule has 0 bridgehead atoms. The molecule has 0 fully saturated rings. The van der Waals surface area contributed by atoms with Gasteiger partial charge in [0.25, 0.3) is 5.91 Å².